The molecule has 2 aromatic rings. The van der Waals surface area contributed by atoms with E-state index in [9.17, 15) is 0 Å². The SMILES string of the molecule is Cc1ccc(C2C=Cc3ccccc3C2C)cc1. The highest BCUT2D eigenvalue weighted by Crippen LogP contribution is 2.39. The van der Waals surface area contributed by atoms with Gasteiger partial charge >= 0.3 is 0 Å². The van der Waals surface area contributed by atoms with Crippen molar-refractivity contribution in [2.24, 2.45) is 0 Å². The molecule has 3 rings (SSSR count). The molecule has 2 unspecified atom stereocenters. The van der Waals surface area contributed by atoms with Gasteiger partial charge in [-0.2, -0.15) is 0 Å². The Balaban J connectivity index is 2.00. The molecular weight excluding hydrogens is 216 g/mol. The van der Waals surface area contributed by atoms with Crippen LogP contribution in [0.15, 0.2) is 54.6 Å². The molecule has 0 aromatic heterocycles. The van der Waals surface area contributed by atoms with Gasteiger partial charge in [-0.25, -0.2) is 0 Å². The predicted molar refractivity (Wildman–Crippen MR) is 77.8 cm³/mol. The third-order valence-corrected chi connectivity index (χ3v) is 3.97. The van der Waals surface area contributed by atoms with E-state index < -0.39 is 0 Å². The molecule has 2 aromatic carbocycles. The van der Waals surface area contributed by atoms with E-state index >= 15 is 0 Å². The van der Waals surface area contributed by atoms with E-state index in [1.165, 1.54) is 22.3 Å². The van der Waals surface area contributed by atoms with Gasteiger partial charge in [-0.1, -0.05) is 73.2 Å². The standard InChI is InChI=1S/C18H18/c1-13-7-9-16(10-8-13)18-12-11-15-5-3-4-6-17(15)14(18)2/h3-12,14,18H,1-2H3. The third-order valence-electron chi connectivity index (χ3n) is 3.97. The first-order chi connectivity index (χ1) is 8.75. The number of allylic oxidation sites excluding steroid dienone is 1. The van der Waals surface area contributed by atoms with Crippen molar-refractivity contribution in [1.29, 1.82) is 0 Å². The monoisotopic (exact) mass is 234 g/mol. The highest BCUT2D eigenvalue weighted by molar-refractivity contribution is 5.60. The molecule has 0 spiro atoms. The first-order valence-corrected chi connectivity index (χ1v) is 6.59. The molecule has 0 amide bonds. The van der Waals surface area contributed by atoms with Gasteiger partial charge in [0.25, 0.3) is 0 Å². The minimum atomic E-state index is 0.500. The molecule has 18 heavy (non-hydrogen) atoms. The van der Waals surface area contributed by atoms with Crippen LogP contribution in [0.3, 0.4) is 0 Å². The van der Waals surface area contributed by atoms with Gasteiger partial charge in [0.1, 0.15) is 0 Å². The van der Waals surface area contributed by atoms with Crippen LogP contribution in [0.2, 0.25) is 0 Å². The third kappa shape index (κ3) is 1.88. The Morgan fingerprint density at radius 1 is 0.889 bits per heavy atom. The molecule has 90 valence electrons. The summed E-state index contributed by atoms with van der Waals surface area (Å²) < 4.78 is 0. The first kappa shape index (κ1) is 11.3. The lowest BCUT2D eigenvalue weighted by molar-refractivity contribution is 0.669. The number of hydrogen-bond donors (Lipinski definition) is 0. The average molecular weight is 234 g/mol. The van der Waals surface area contributed by atoms with Crippen LogP contribution in [0.4, 0.5) is 0 Å². The Bertz CT molecular complexity index is 575. The Hall–Kier alpha value is -1.82. The summed E-state index contributed by atoms with van der Waals surface area (Å²) in [6, 6.07) is 17.6. The molecule has 0 nitrogen and oxygen atoms in total. The van der Waals surface area contributed by atoms with E-state index in [-0.39, 0.29) is 0 Å². The van der Waals surface area contributed by atoms with Crippen LogP contribution >= 0.6 is 0 Å². The highest BCUT2D eigenvalue weighted by Gasteiger charge is 2.23. The topological polar surface area (TPSA) is 0 Å². The Kier molecular flexibility index (Phi) is 2.79. The molecule has 1 aliphatic rings. The maximum absolute atomic E-state index is 2.34. The van der Waals surface area contributed by atoms with E-state index in [0.29, 0.717) is 11.8 Å². The molecule has 0 saturated heterocycles. The van der Waals surface area contributed by atoms with Crippen molar-refractivity contribution in [2.45, 2.75) is 25.7 Å². The largest absolute Gasteiger partial charge is 0.0758 e. The van der Waals surface area contributed by atoms with E-state index in [4.69, 9.17) is 0 Å². The Labute approximate surface area is 109 Å². The lowest BCUT2D eigenvalue weighted by Gasteiger charge is -2.27. The number of fused-ring (bicyclic) bond motifs is 1. The van der Waals surface area contributed by atoms with Crippen molar-refractivity contribution in [3.05, 3.63) is 76.9 Å². The molecule has 0 radical (unpaired) electrons. The maximum Gasteiger partial charge on any atom is 0.00876 e. The Morgan fingerprint density at radius 2 is 1.61 bits per heavy atom. The molecule has 2 atom stereocenters. The summed E-state index contributed by atoms with van der Waals surface area (Å²) in [7, 11) is 0. The predicted octanol–water partition coefficient (Wildman–Crippen LogP) is 4.91. The van der Waals surface area contributed by atoms with E-state index in [1.807, 2.05) is 0 Å². The molecule has 0 fully saturated rings. The van der Waals surface area contributed by atoms with Crippen molar-refractivity contribution in [1.82, 2.24) is 0 Å². The molecular formula is C18H18. The average Bonchev–Trinajstić information content (AvgIpc) is 2.41. The molecule has 0 saturated carbocycles. The van der Waals surface area contributed by atoms with E-state index in [1.54, 1.807) is 0 Å². The van der Waals surface area contributed by atoms with Crippen molar-refractivity contribution in [3.8, 4) is 0 Å². The summed E-state index contributed by atoms with van der Waals surface area (Å²) in [5.41, 5.74) is 5.57. The van der Waals surface area contributed by atoms with Crippen molar-refractivity contribution in [2.75, 3.05) is 0 Å². The second kappa shape index (κ2) is 4.45. The summed E-state index contributed by atoms with van der Waals surface area (Å²) in [5.74, 6) is 1.05. The van der Waals surface area contributed by atoms with Crippen LogP contribution in [-0.4, -0.2) is 0 Å². The van der Waals surface area contributed by atoms with Crippen LogP contribution in [0.1, 0.15) is 41.0 Å². The fourth-order valence-corrected chi connectivity index (χ4v) is 2.83. The van der Waals surface area contributed by atoms with Gasteiger partial charge in [-0.15, -0.1) is 0 Å². The number of benzene rings is 2. The summed E-state index contributed by atoms with van der Waals surface area (Å²) in [5, 5.41) is 0. The van der Waals surface area contributed by atoms with Crippen molar-refractivity contribution in [3.63, 3.8) is 0 Å². The summed E-state index contributed by atoms with van der Waals surface area (Å²) in [4.78, 5) is 0. The van der Waals surface area contributed by atoms with Gasteiger partial charge < -0.3 is 0 Å². The van der Waals surface area contributed by atoms with Gasteiger partial charge in [-0.05, 0) is 29.5 Å². The number of hydrogen-bond acceptors (Lipinski definition) is 0. The number of rotatable bonds is 1. The quantitative estimate of drug-likeness (QED) is 0.657. The molecule has 0 aliphatic heterocycles. The maximum atomic E-state index is 2.34. The highest BCUT2D eigenvalue weighted by atomic mass is 14.3. The Morgan fingerprint density at radius 3 is 2.39 bits per heavy atom. The summed E-state index contributed by atoms with van der Waals surface area (Å²) in [6.45, 7) is 4.46. The molecule has 0 bridgehead atoms. The zero-order valence-electron chi connectivity index (χ0n) is 10.9. The van der Waals surface area contributed by atoms with Crippen molar-refractivity contribution < 1.29 is 0 Å². The van der Waals surface area contributed by atoms with Crippen LogP contribution < -0.4 is 0 Å². The molecule has 0 heterocycles. The summed E-state index contributed by atoms with van der Waals surface area (Å²) >= 11 is 0. The molecule has 0 N–H and O–H groups in total. The lowest BCUT2D eigenvalue weighted by Crippen LogP contribution is -2.10. The second-order valence-corrected chi connectivity index (χ2v) is 5.21. The zero-order valence-corrected chi connectivity index (χ0v) is 10.9. The fourth-order valence-electron chi connectivity index (χ4n) is 2.83. The van der Waals surface area contributed by atoms with E-state index in [0.717, 1.165) is 0 Å². The fraction of sp³-hybridized carbons (Fsp3) is 0.222. The normalized spacial score (nSPS) is 21.7. The molecule has 0 heteroatoms. The second-order valence-electron chi connectivity index (χ2n) is 5.21. The van der Waals surface area contributed by atoms with E-state index in [2.05, 4.69) is 74.5 Å². The van der Waals surface area contributed by atoms with Crippen LogP contribution in [0, 0.1) is 6.92 Å². The smallest absolute Gasteiger partial charge is 0.00876 e. The van der Waals surface area contributed by atoms with Gasteiger partial charge in [0, 0.05) is 5.92 Å². The zero-order chi connectivity index (χ0) is 12.5. The minimum Gasteiger partial charge on any atom is -0.0758 e. The van der Waals surface area contributed by atoms with Gasteiger partial charge in [-0.3, -0.25) is 0 Å². The lowest BCUT2D eigenvalue weighted by atomic mass is 9.77. The first-order valence-electron chi connectivity index (χ1n) is 6.59. The van der Waals surface area contributed by atoms with Crippen molar-refractivity contribution >= 4 is 6.08 Å². The number of aryl methyl sites for hydroxylation is 1. The summed E-state index contributed by atoms with van der Waals surface area (Å²) in [6.07, 6.45) is 4.61. The van der Waals surface area contributed by atoms with Crippen LogP contribution in [-0.2, 0) is 0 Å². The van der Waals surface area contributed by atoms with Crippen LogP contribution in [0.25, 0.3) is 6.08 Å². The van der Waals surface area contributed by atoms with Gasteiger partial charge in [0.2, 0.25) is 0 Å². The molecule has 1 aliphatic carbocycles. The van der Waals surface area contributed by atoms with Crippen LogP contribution in [0.5, 0.6) is 0 Å². The van der Waals surface area contributed by atoms with Gasteiger partial charge in [0.05, 0.1) is 0 Å². The minimum absolute atomic E-state index is 0.500. The van der Waals surface area contributed by atoms with Gasteiger partial charge in [0.15, 0.2) is 0 Å².